The van der Waals surface area contributed by atoms with Crippen molar-refractivity contribution in [1.29, 1.82) is 0 Å². The molecule has 0 aliphatic heterocycles. The summed E-state index contributed by atoms with van der Waals surface area (Å²) in [4.78, 5) is 25.4. The van der Waals surface area contributed by atoms with Crippen LogP contribution in [0.3, 0.4) is 0 Å². The molecule has 9 heteroatoms. The molecule has 0 bridgehead atoms. The van der Waals surface area contributed by atoms with E-state index in [0.717, 1.165) is 18.2 Å². The van der Waals surface area contributed by atoms with Gasteiger partial charge in [-0.05, 0) is 39.8 Å². The number of rotatable bonds is 10. The van der Waals surface area contributed by atoms with E-state index in [0.29, 0.717) is 5.56 Å². The smallest absolute Gasteiger partial charge is 0.328 e. The molecule has 0 aliphatic rings. The average Bonchev–Trinajstić information content (AvgIpc) is 2.77. The predicted molar refractivity (Wildman–Crippen MR) is 116 cm³/mol. The summed E-state index contributed by atoms with van der Waals surface area (Å²) in [5.74, 6) is -2.04. The summed E-state index contributed by atoms with van der Waals surface area (Å²) >= 11 is 0. The third kappa shape index (κ3) is 6.15. The van der Waals surface area contributed by atoms with E-state index in [1.807, 2.05) is 26.0 Å². The minimum atomic E-state index is -4.23. The minimum Gasteiger partial charge on any atom is -0.468 e. The molecule has 8 nitrogen and oxygen atoms in total. The molecular weight excluding hydrogens is 436 g/mol. The number of methoxy groups -OCH3 is 1. The molecule has 0 fully saturated rings. The Morgan fingerprint density at radius 3 is 1.97 bits per heavy atom. The third-order valence-corrected chi connectivity index (χ3v) is 6.06. The maximum Gasteiger partial charge on any atom is 0.328 e. The highest BCUT2D eigenvalue weighted by molar-refractivity contribution is 7.86. The number of ether oxygens (including phenoxy) is 3. The van der Waals surface area contributed by atoms with E-state index in [9.17, 15) is 18.0 Å². The first-order chi connectivity index (χ1) is 15.0. The highest BCUT2D eigenvalue weighted by Gasteiger charge is 2.47. The lowest BCUT2D eigenvalue weighted by atomic mass is 9.92. The first-order valence-electron chi connectivity index (χ1n) is 9.97. The van der Waals surface area contributed by atoms with Gasteiger partial charge in [-0.25, -0.2) is 0 Å². The summed E-state index contributed by atoms with van der Waals surface area (Å²) in [6.07, 6.45) is -1.09. The molecule has 0 spiro atoms. The molecule has 0 radical (unpaired) electrons. The normalized spacial score (nSPS) is 14.3. The molecule has 0 saturated heterocycles. The molecule has 0 saturated carbocycles. The summed E-state index contributed by atoms with van der Waals surface area (Å²) in [5.41, 5.74) is 0.382. The SMILES string of the molecule is CCOC(OC(=O)C(C)(COS(=O)(=O)c1ccc(C)cc1)C(=O)OC)c1ccc(C)cc1. The van der Waals surface area contributed by atoms with Crippen molar-refractivity contribution in [2.24, 2.45) is 5.41 Å². The molecule has 2 unspecified atom stereocenters. The van der Waals surface area contributed by atoms with Gasteiger partial charge in [-0.1, -0.05) is 47.5 Å². The Labute approximate surface area is 188 Å². The van der Waals surface area contributed by atoms with Gasteiger partial charge in [0.1, 0.15) is 0 Å². The third-order valence-electron chi connectivity index (χ3n) is 4.78. The Balaban J connectivity index is 2.25. The zero-order valence-electron chi connectivity index (χ0n) is 18.8. The van der Waals surface area contributed by atoms with Crippen molar-refractivity contribution in [2.75, 3.05) is 20.3 Å². The molecule has 0 heterocycles. The Bertz CT molecular complexity index is 1030. The van der Waals surface area contributed by atoms with Gasteiger partial charge in [0.2, 0.25) is 6.29 Å². The quantitative estimate of drug-likeness (QED) is 0.228. The lowest BCUT2D eigenvalue weighted by molar-refractivity contribution is -0.197. The highest BCUT2D eigenvalue weighted by atomic mass is 32.2. The van der Waals surface area contributed by atoms with Crippen molar-refractivity contribution in [3.63, 3.8) is 0 Å². The van der Waals surface area contributed by atoms with Crippen molar-refractivity contribution in [3.8, 4) is 0 Å². The van der Waals surface area contributed by atoms with Gasteiger partial charge in [0.05, 0.1) is 18.6 Å². The van der Waals surface area contributed by atoms with Gasteiger partial charge in [-0.2, -0.15) is 8.42 Å². The summed E-state index contributed by atoms with van der Waals surface area (Å²) in [6.45, 7) is 6.08. The lowest BCUT2D eigenvalue weighted by Gasteiger charge is -2.27. The van der Waals surface area contributed by atoms with Crippen LogP contribution in [0.2, 0.25) is 0 Å². The predicted octanol–water partition coefficient (Wildman–Crippen LogP) is 3.47. The minimum absolute atomic E-state index is 0.101. The summed E-state index contributed by atoms with van der Waals surface area (Å²) in [5, 5.41) is 0. The van der Waals surface area contributed by atoms with Gasteiger partial charge in [0, 0.05) is 12.2 Å². The van der Waals surface area contributed by atoms with Crippen LogP contribution in [0.15, 0.2) is 53.4 Å². The standard InChI is InChI=1S/C23H28O8S/c1-6-29-20(18-11-7-16(2)8-12-18)31-22(25)23(4,21(24)28-5)15-30-32(26,27)19-13-9-17(3)10-14-19/h7-14,20H,6,15H2,1-5H3. The van der Waals surface area contributed by atoms with Gasteiger partial charge in [0.25, 0.3) is 10.1 Å². The fourth-order valence-corrected chi connectivity index (χ4v) is 3.69. The molecule has 2 aromatic carbocycles. The molecule has 0 amide bonds. The number of carbonyl (C=O) groups excluding carboxylic acids is 2. The van der Waals surface area contributed by atoms with Gasteiger partial charge in [-0.15, -0.1) is 0 Å². The molecular formula is C23H28O8S. The van der Waals surface area contributed by atoms with Crippen LogP contribution < -0.4 is 0 Å². The molecule has 2 atom stereocenters. The Morgan fingerprint density at radius 1 is 0.938 bits per heavy atom. The Kier molecular flexibility index (Phi) is 8.54. The van der Waals surface area contributed by atoms with Crippen LogP contribution in [0.25, 0.3) is 0 Å². The molecule has 0 aromatic heterocycles. The maximum atomic E-state index is 13.0. The van der Waals surface area contributed by atoms with Crippen LogP contribution in [0.1, 0.15) is 36.8 Å². The first-order valence-corrected chi connectivity index (χ1v) is 11.4. The molecule has 0 aliphatic carbocycles. The molecule has 2 rings (SSSR count). The van der Waals surface area contributed by atoms with E-state index in [1.54, 1.807) is 31.2 Å². The average molecular weight is 465 g/mol. The number of hydrogen-bond donors (Lipinski definition) is 0. The van der Waals surface area contributed by atoms with Crippen molar-refractivity contribution in [2.45, 2.75) is 38.9 Å². The van der Waals surface area contributed by atoms with Crippen molar-refractivity contribution in [3.05, 3.63) is 65.2 Å². The Hall–Kier alpha value is -2.75. The van der Waals surface area contributed by atoms with Crippen molar-refractivity contribution in [1.82, 2.24) is 0 Å². The fraction of sp³-hybridized carbons (Fsp3) is 0.391. The van der Waals surface area contributed by atoms with Crippen LogP contribution in [-0.2, 0) is 38.1 Å². The summed E-state index contributed by atoms with van der Waals surface area (Å²) in [7, 11) is -3.14. The molecule has 2 aromatic rings. The highest BCUT2D eigenvalue weighted by Crippen LogP contribution is 2.29. The fourth-order valence-electron chi connectivity index (χ4n) is 2.70. The van der Waals surface area contributed by atoms with Crippen LogP contribution in [0.5, 0.6) is 0 Å². The van der Waals surface area contributed by atoms with E-state index in [1.165, 1.54) is 19.1 Å². The second kappa shape index (κ2) is 10.7. The van der Waals surface area contributed by atoms with Crippen molar-refractivity contribution < 1.29 is 36.4 Å². The van der Waals surface area contributed by atoms with E-state index < -0.39 is 40.4 Å². The summed E-state index contributed by atoms with van der Waals surface area (Å²) in [6, 6.07) is 13.1. The van der Waals surface area contributed by atoms with Gasteiger partial charge in [0.15, 0.2) is 5.41 Å². The number of aryl methyl sites for hydroxylation is 2. The van der Waals surface area contributed by atoms with E-state index in [2.05, 4.69) is 0 Å². The second-order valence-electron chi connectivity index (χ2n) is 7.46. The van der Waals surface area contributed by atoms with Crippen LogP contribution in [-0.4, -0.2) is 40.7 Å². The number of benzene rings is 2. The number of carbonyl (C=O) groups is 2. The second-order valence-corrected chi connectivity index (χ2v) is 9.07. The van der Waals surface area contributed by atoms with Crippen molar-refractivity contribution >= 4 is 22.1 Å². The molecule has 32 heavy (non-hydrogen) atoms. The van der Waals surface area contributed by atoms with E-state index >= 15 is 0 Å². The summed E-state index contributed by atoms with van der Waals surface area (Å²) < 4.78 is 45.9. The zero-order valence-corrected chi connectivity index (χ0v) is 19.6. The van der Waals surface area contributed by atoms with Gasteiger partial charge < -0.3 is 14.2 Å². The maximum absolute atomic E-state index is 13.0. The molecule has 0 N–H and O–H groups in total. The van der Waals surface area contributed by atoms with Gasteiger partial charge >= 0.3 is 11.9 Å². The lowest BCUT2D eigenvalue weighted by Crippen LogP contribution is -2.44. The van der Waals surface area contributed by atoms with Crippen LogP contribution in [0, 0.1) is 19.3 Å². The van der Waals surface area contributed by atoms with Crippen LogP contribution >= 0.6 is 0 Å². The first kappa shape index (κ1) is 25.5. The number of esters is 2. The Morgan fingerprint density at radius 2 is 1.47 bits per heavy atom. The van der Waals surface area contributed by atoms with Crippen LogP contribution in [0.4, 0.5) is 0 Å². The molecule has 174 valence electrons. The zero-order chi connectivity index (χ0) is 23.9. The van der Waals surface area contributed by atoms with Gasteiger partial charge in [-0.3, -0.25) is 13.8 Å². The number of hydrogen-bond acceptors (Lipinski definition) is 8. The monoisotopic (exact) mass is 464 g/mol. The van der Waals surface area contributed by atoms with E-state index in [4.69, 9.17) is 18.4 Å². The largest absolute Gasteiger partial charge is 0.468 e. The topological polar surface area (TPSA) is 105 Å². The van der Waals surface area contributed by atoms with E-state index in [-0.39, 0.29) is 11.5 Å².